The van der Waals surface area contributed by atoms with Crippen molar-refractivity contribution in [1.82, 2.24) is 0 Å². The van der Waals surface area contributed by atoms with Crippen LogP contribution >= 0.6 is 11.6 Å². The third-order valence-corrected chi connectivity index (χ3v) is 2.93. The van der Waals surface area contributed by atoms with Crippen molar-refractivity contribution in [3.63, 3.8) is 0 Å². The summed E-state index contributed by atoms with van der Waals surface area (Å²) in [5.41, 5.74) is -0.472. The van der Waals surface area contributed by atoms with E-state index in [1.54, 1.807) is 13.0 Å². The number of benzene rings is 1. The molecule has 0 aliphatic carbocycles. The fourth-order valence-electron chi connectivity index (χ4n) is 1.14. The molecule has 0 aliphatic rings. The molecule has 1 nitrogen and oxygen atoms in total. The molecule has 0 fully saturated rings. The Bertz CT molecular complexity index is 334. The Labute approximate surface area is 88.5 Å². The van der Waals surface area contributed by atoms with Gasteiger partial charge in [-0.1, -0.05) is 31.5 Å². The lowest BCUT2D eigenvalue weighted by atomic mass is 9.85. The van der Waals surface area contributed by atoms with Crippen molar-refractivity contribution in [2.24, 2.45) is 5.92 Å². The number of halogens is 2. The number of hydrogen-bond donors (Lipinski definition) is 1. The van der Waals surface area contributed by atoms with Crippen LogP contribution in [-0.2, 0) is 5.60 Å². The summed E-state index contributed by atoms with van der Waals surface area (Å²) in [6, 6.07) is 4.39. The molecule has 1 atom stereocenters. The smallest absolute Gasteiger partial charge is 0.142 e. The SMILES string of the molecule is CC(C)[C@](C)(O)c1ccc(Cl)c(F)c1. The van der Waals surface area contributed by atoms with Crippen molar-refractivity contribution in [1.29, 1.82) is 0 Å². The molecule has 0 saturated heterocycles. The fraction of sp³-hybridized carbons (Fsp3) is 0.455. The molecule has 1 rings (SSSR count). The van der Waals surface area contributed by atoms with Gasteiger partial charge in [-0.25, -0.2) is 4.39 Å². The van der Waals surface area contributed by atoms with E-state index in [1.807, 2.05) is 13.8 Å². The maximum atomic E-state index is 13.1. The van der Waals surface area contributed by atoms with Gasteiger partial charge in [0.25, 0.3) is 0 Å². The third-order valence-electron chi connectivity index (χ3n) is 2.63. The minimum atomic E-state index is -1.02. The molecule has 3 heteroatoms. The van der Waals surface area contributed by atoms with Crippen LogP contribution < -0.4 is 0 Å². The third kappa shape index (κ3) is 2.07. The molecule has 1 aromatic rings. The van der Waals surface area contributed by atoms with Gasteiger partial charge in [0.2, 0.25) is 0 Å². The Kier molecular flexibility index (Phi) is 3.17. The highest BCUT2D eigenvalue weighted by molar-refractivity contribution is 6.30. The summed E-state index contributed by atoms with van der Waals surface area (Å²) < 4.78 is 13.1. The van der Waals surface area contributed by atoms with Crippen molar-refractivity contribution in [3.05, 3.63) is 34.6 Å². The summed E-state index contributed by atoms with van der Waals surface area (Å²) >= 11 is 5.55. The van der Waals surface area contributed by atoms with Crippen molar-refractivity contribution >= 4 is 11.6 Å². The molecule has 1 N–H and O–H groups in total. The Morgan fingerprint density at radius 3 is 2.43 bits per heavy atom. The van der Waals surface area contributed by atoms with Gasteiger partial charge >= 0.3 is 0 Å². The summed E-state index contributed by atoms with van der Waals surface area (Å²) in [7, 11) is 0. The van der Waals surface area contributed by atoms with Crippen molar-refractivity contribution in [2.75, 3.05) is 0 Å². The normalized spacial score (nSPS) is 15.6. The van der Waals surface area contributed by atoms with E-state index in [0.717, 1.165) is 0 Å². The largest absolute Gasteiger partial charge is 0.385 e. The van der Waals surface area contributed by atoms with Crippen LogP contribution in [0, 0.1) is 11.7 Å². The minimum absolute atomic E-state index is 0.0167. The zero-order valence-electron chi connectivity index (χ0n) is 8.51. The molecule has 0 aromatic heterocycles. The summed E-state index contributed by atoms with van der Waals surface area (Å²) in [6.07, 6.45) is 0. The van der Waals surface area contributed by atoms with Gasteiger partial charge in [-0.2, -0.15) is 0 Å². The van der Waals surface area contributed by atoms with Crippen LogP contribution in [0.3, 0.4) is 0 Å². The van der Waals surface area contributed by atoms with E-state index >= 15 is 0 Å². The lowest BCUT2D eigenvalue weighted by Crippen LogP contribution is -2.27. The predicted octanol–water partition coefficient (Wildman–Crippen LogP) is 3.34. The van der Waals surface area contributed by atoms with Gasteiger partial charge in [0.05, 0.1) is 10.6 Å². The van der Waals surface area contributed by atoms with Crippen LogP contribution in [0.25, 0.3) is 0 Å². The van der Waals surface area contributed by atoms with Gasteiger partial charge in [0.15, 0.2) is 0 Å². The maximum absolute atomic E-state index is 13.1. The van der Waals surface area contributed by atoms with E-state index in [1.165, 1.54) is 12.1 Å². The number of hydrogen-bond acceptors (Lipinski definition) is 1. The van der Waals surface area contributed by atoms with Gasteiger partial charge in [-0.15, -0.1) is 0 Å². The molecular formula is C11H14ClFO. The van der Waals surface area contributed by atoms with E-state index in [-0.39, 0.29) is 10.9 Å². The molecular weight excluding hydrogens is 203 g/mol. The second-order valence-electron chi connectivity index (χ2n) is 3.93. The highest BCUT2D eigenvalue weighted by Gasteiger charge is 2.27. The van der Waals surface area contributed by atoms with E-state index in [2.05, 4.69) is 0 Å². The summed E-state index contributed by atoms with van der Waals surface area (Å²) in [5, 5.41) is 10.1. The van der Waals surface area contributed by atoms with Crippen LogP contribution in [-0.4, -0.2) is 5.11 Å². The topological polar surface area (TPSA) is 20.2 Å². The average Bonchev–Trinajstić information content (AvgIpc) is 2.09. The highest BCUT2D eigenvalue weighted by Crippen LogP contribution is 2.30. The first-order chi connectivity index (χ1) is 6.35. The monoisotopic (exact) mass is 216 g/mol. The molecule has 14 heavy (non-hydrogen) atoms. The van der Waals surface area contributed by atoms with Crippen LogP contribution in [0.2, 0.25) is 5.02 Å². The molecule has 0 spiro atoms. The Morgan fingerprint density at radius 1 is 1.43 bits per heavy atom. The maximum Gasteiger partial charge on any atom is 0.142 e. The van der Waals surface area contributed by atoms with Gasteiger partial charge < -0.3 is 5.11 Å². The van der Waals surface area contributed by atoms with Crippen LogP contribution in [0.5, 0.6) is 0 Å². The van der Waals surface area contributed by atoms with Crippen LogP contribution in [0.15, 0.2) is 18.2 Å². The van der Waals surface area contributed by atoms with Crippen molar-refractivity contribution < 1.29 is 9.50 Å². The van der Waals surface area contributed by atoms with Crippen LogP contribution in [0.4, 0.5) is 4.39 Å². The first-order valence-corrected chi connectivity index (χ1v) is 4.91. The quantitative estimate of drug-likeness (QED) is 0.804. The standard InChI is InChI=1S/C11H14ClFO/c1-7(2)11(3,14)8-4-5-9(12)10(13)6-8/h4-7,14H,1-3H3/t11-/m0/s1. The zero-order chi connectivity index (χ0) is 10.9. The predicted molar refractivity (Wildman–Crippen MR) is 55.8 cm³/mol. The fourth-order valence-corrected chi connectivity index (χ4v) is 1.26. The summed E-state index contributed by atoms with van der Waals surface area (Å²) in [6.45, 7) is 5.43. The Balaban J connectivity index is 3.14. The van der Waals surface area contributed by atoms with Crippen molar-refractivity contribution in [2.45, 2.75) is 26.4 Å². The Morgan fingerprint density at radius 2 is 2.00 bits per heavy atom. The van der Waals surface area contributed by atoms with E-state index in [9.17, 15) is 9.50 Å². The second kappa shape index (κ2) is 3.87. The van der Waals surface area contributed by atoms with E-state index in [0.29, 0.717) is 5.56 Å². The van der Waals surface area contributed by atoms with E-state index in [4.69, 9.17) is 11.6 Å². The molecule has 1 aromatic carbocycles. The highest BCUT2D eigenvalue weighted by atomic mass is 35.5. The minimum Gasteiger partial charge on any atom is -0.385 e. The number of aliphatic hydroxyl groups is 1. The van der Waals surface area contributed by atoms with Gasteiger partial charge in [-0.05, 0) is 30.5 Å². The lowest BCUT2D eigenvalue weighted by molar-refractivity contribution is 0.00878. The summed E-state index contributed by atoms with van der Waals surface area (Å²) in [4.78, 5) is 0. The summed E-state index contributed by atoms with van der Waals surface area (Å²) in [5.74, 6) is -0.479. The first-order valence-electron chi connectivity index (χ1n) is 4.53. The van der Waals surface area contributed by atoms with Crippen LogP contribution in [0.1, 0.15) is 26.3 Å². The molecule has 0 amide bonds. The zero-order valence-corrected chi connectivity index (χ0v) is 9.27. The van der Waals surface area contributed by atoms with Gasteiger partial charge in [0, 0.05) is 0 Å². The molecule has 0 bridgehead atoms. The molecule has 0 heterocycles. The molecule has 78 valence electrons. The van der Waals surface area contributed by atoms with Gasteiger partial charge in [-0.3, -0.25) is 0 Å². The molecule has 0 radical (unpaired) electrons. The average molecular weight is 217 g/mol. The number of rotatable bonds is 2. The molecule has 0 saturated carbocycles. The Hall–Kier alpha value is -0.600. The first kappa shape index (κ1) is 11.5. The second-order valence-corrected chi connectivity index (χ2v) is 4.34. The van der Waals surface area contributed by atoms with E-state index < -0.39 is 11.4 Å². The molecule has 0 unspecified atom stereocenters. The van der Waals surface area contributed by atoms with Crippen molar-refractivity contribution in [3.8, 4) is 0 Å². The van der Waals surface area contributed by atoms with Gasteiger partial charge in [0.1, 0.15) is 5.82 Å². The molecule has 0 aliphatic heterocycles. The lowest BCUT2D eigenvalue weighted by Gasteiger charge is -2.28.